The zero-order chi connectivity index (χ0) is 18.9. The molecule has 0 heterocycles. The Morgan fingerprint density at radius 1 is 1.04 bits per heavy atom. The average molecular weight is 393 g/mol. The number of methoxy groups -OCH3 is 2. The second-order valence-corrected chi connectivity index (χ2v) is 6.32. The molecule has 2 unspecified atom stereocenters. The quantitative estimate of drug-likeness (QED) is 0.686. The van der Waals surface area contributed by atoms with Crippen molar-refractivity contribution in [3.63, 3.8) is 0 Å². The van der Waals surface area contributed by atoms with Gasteiger partial charge in [0.2, 0.25) is 5.91 Å². The first-order valence-electron chi connectivity index (χ1n) is 8.79. The lowest BCUT2D eigenvalue weighted by Gasteiger charge is -2.22. The van der Waals surface area contributed by atoms with Crippen molar-refractivity contribution in [1.82, 2.24) is 10.6 Å². The van der Waals surface area contributed by atoms with Crippen molar-refractivity contribution in [2.75, 3.05) is 27.8 Å². The van der Waals surface area contributed by atoms with Crippen molar-refractivity contribution in [1.29, 1.82) is 0 Å². The van der Waals surface area contributed by atoms with Crippen LogP contribution >= 0.6 is 12.4 Å². The largest absolute Gasteiger partial charge is 0.493 e. The summed E-state index contributed by atoms with van der Waals surface area (Å²) in [4.78, 5) is 12.5. The Hall–Kier alpha value is -2.24. The number of nitrogens with one attached hydrogen (secondary N) is 2. The Morgan fingerprint density at radius 3 is 2.30 bits per heavy atom. The van der Waals surface area contributed by atoms with E-state index in [-0.39, 0.29) is 30.3 Å². The van der Waals surface area contributed by atoms with Crippen molar-refractivity contribution < 1.29 is 14.3 Å². The van der Waals surface area contributed by atoms with E-state index in [0.29, 0.717) is 24.5 Å². The van der Waals surface area contributed by atoms with E-state index >= 15 is 0 Å². The predicted molar refractivity (Wildman–Crippen MR) is 111 cm³/mol. The van der Waals surface area contributed by atoms with Crippen molar-refractivity contribution in [3.8, 4) is 11.5 Å². The molecule has 148 valence electrons. The lowest BCUT2D eigenvalue weighted by atomic mass is 9.97. The maximum Gasteiger partial charge on any atom is 0.224 e. The summed E-state index contributed by atoms with van der Waals surface area (Å²) in [5.74, 6) is 1.32. The maximum atomic E-state index is 12.5. The molecule has 2 rings (SSSR count). The average Bonchev–Trinajstić information content (AvgIpc) is 2.68. The van der Waals surface area contributed by atoms with E-state index in [1.54, 1.807) is 14.2 Å². The van der Waals surface area contributed by atoms with Gasteiger partial charge in [0.25, 0.3) is 0 Å². The molecule has 0 radical (unpaired) electrons. The molecule has 0 aliphatic heterocycles. The summed E-state index contributed by atoms with van der Waals surface area (Å²) < 4.78 is 10.7. The van der Waals surface area contributed by atoms with Gasteiger partial charge in [-0.1, -0.05) is 43.3 Å². The zero-order valence-corrected chi connectivity index (χ0v) is 17.1. The lowest BCUT2D eigenvalue weighted by molar-refractivity contribution is -0.125. The van der Waals surface area contributed by atoms with Crippen molar-refractivity contribution in [2.45, 2.75) is 19.4 Å². The van der Waals surface area contributed by atoms with Crippen LogP contribution in [0.4, 0.5) is 0 Å². The zero-order valence-electron chi connectivity index (χ0n) is 16.3. The molecule has 0 saturated carbocycles. The standard InChI is InChI=1S/C21H28N2O3.ClH/c1-15(14-22-2)21(24)23-18(17-8-6-5-7-9-17)12-16-10-11-19(25-3)20(13-16)26-4;/h5-11,13,15,18,22H,12,14H2,1-4H3,(H,23,24);1H. The van der Waals surface area contributed by atoms with Gasteiger partial charge in [-0.15, -0.1) is 12.4 Å². The molecule has 27 heavy (non-hydrogen) atoms. The van der Waals surface area contributed by atoms with Crippen LogP contribution in [0.3, 0.4) is 0 Å². The molecular weight excluding hydrogens is 364 g/mol. The van der Waals surface area contributed by atoms with Crippen LogP contribution in [-0.4, -0.2) is 33.7 Å². The molecular formula is C21H29ClN2O3. The van der Waals surface area contributed by atoms with Crippen molar-refractivity contribution in [3.05, 3.63) is 59.7 Å². The molecule has 5 nitrogen and oxygen atoms in total. The van der Waals surface area contributed by atoms with Gasteiger partial charge in [-0.2, -0.15) is 0 Å². The fourth-order valence-electron chi connectivity index (χ4n) is 2.89. The fourth-order valence-corrected chi connectivity index (χ4v) is 2.89. The van der Waals surface area contributed by atoms with Crippen molar-refractivity contribution in [2.24, 2.45) is 5.92 Å². The topological polar surface area (TPSA) is 59.6 Å². The first-order chi connectivity index (χ1) is 12.6. The molecule has 2 atom stereocenters. The van der Waals surface area contributed by atoms with Gasteiger partial charge in [-0.3, -0.25) is 4.79 Å². The molecule has 0 aliphatic rings. The highest BCUT2D eigenvalue weighted by Crippen LogP contribution is 2.29. The summed E-state index contributed by atoms with van der Waals surface area (Å²) in [5.41, 5.74) is 2.14. The Balaban J connectivity index is 0.00000364. The molecule has 0 aromatic heterocycles. The second-order valence-electron chi connectivity index (χ2n) is 6.32. The number of amides is 1. The minimum Gasteiger partial charge on any atom is -0.493 e. The molecule has 0 bridgehead atoms. The number of halogens is 1. The molecule has 2 aromatic rings. The van der Waals surface area contributed by atoms with E-state index in [2.05, 4.69) is 10.6 Å². The second kappa shape index (κ2) is 11.5. The van der Waals surface area contributed by atoms with Gasteiger partial charge < -0.3 is 20.1 Å². The highest BCUT2D eigenvalue weighted by atomic mass is 35.5. The van der Waals surface area contributed by atoms with Gasteiger partial charge in [0.1, 0.15) is 0 Å². The molecule has 2 aromatic carbocycles. The van der Waals surface area contributed by atoms with Crippen molar-refractivity contribution >= 4 is 18.3 Å². The molecule has 0 spiro atoms. The van der Waals surface area contributed by atoms with Crippen LogP contribution in [0.25, 0.3) is 0 Å². The summed E-state index contributed by atoms with van der Waals surface area (Å²) in [6.07, 6.45) is 0.669. The molecule has 0 saturated heterocycles. The third-order valence-corrected chi connectivity index (χ3v) is 4.36. The Kier molecular flexibility index (Phi) is 9.68. The third-order valence-electron chi connectivity index (χ3n) is 4.36. The Morgan fingerprint density at radius 2 is 1.70 bits per heavy atom. The third kappa shape index (κ3) is 6.45. The van der Waals surface area contributed by atoms with Crippen LogP contribution in [-0.2, 0) is 11.2 Å². The first kappa shape index (κ1) is 22.8. The van der Waals surface area contributed by atoms with Gasteiger partial charge in [0, 0.05) is 12.5 Å². The van der Waals surface area contributed by atoms with Gasteiger partial charge in [0.05, 0.1) is 20.3 Å². The number of rotatable bonds is 9. The first-order valence-corrected chi connectivity index (χ1v) is 8.79. The molecule has 6 heteroatoms. The van der Waals surface area contributed by atoms with Gasteiger partial charge in [0.15, 0.2) is 11.5 Å². The van der Waals surface area contributed by atoms with Crippen LogP contribution in [0, 0.1) is 5.92 Å². The summed E-state index contributed by atoms with van der Waals surface area (Å²) >= 11 is 0. The monoisotopic (exact) mass is 392 g/mol. The summed E-state index contributed by atoms with van der Waals surface area (Å²) in [6, 6.07) is 15.8. The van der Waals surface area contributed by atoms with Crippen LogP contribution < -0.4 is 20.1 Å². The summed E-state index contributed by atoms with van der Waals surface area (Å²) in [5, 5.41) is 6.23. The van der Waals surface area contributed by atoms with E-state index in [1.807, 2.05) is 62.5 Å². The summed E-state index contributed by atoms with van der Waals surface area (Å²) in [6.45, 7) is 2.56. The number of ether oxygens (including phenoxy) is 2. The highest BCUT2D eigenvalue weighted by Gasteiger charge is 2.19. The number of hydrogen-bond donors (Lipinski definition) is 2. The van der Waals surface area contributed by atoms with E-state index in [1.165, 1.54) is 0 Å². The molecule has 0 aliphatic carbocycles. The van der Waals surface area contributed by atoms with E-state index < -0.39 is 0 Å². The van der Waals surface area contributed by atoms with Crippen LogP contribution in [0.2, 0.25) is 0 Å². The molecule has 1 amide bonds. The Bertz CT molecular complexity index is 710. The predicted octanol–water partition coefficient (Wildman–Crippen LogP) is 3.38. The highest BCUT2D eigenvalue weighted by molar-refractivity contribution is 5.85. The van der Waals surface area contributed by atoms with Gasteiger partial charge >= 0.3 is 0 Å². The molecule has 2 N–H and O–H groups in total. The SMILES string of the molecule is CNCC(C)C(=O)NC(Cc1ccc(OC)c(OC)c1)c1ccccc1.Cl. The normalized spacial score (nSPS) is 12.4. The fraction of sp³-hybridized carbons (Fsp3) is 0.381. The number of benzene rings is 2. The summed E-state index contributed by atoms with van der Waals surface area (Å²) in [7, 11) is 5.09. The number of carbonyl (C=O) groups is 1. The molecule has 0 fully saturated rings. The Labute approximate surface area is 167 Å². The van der Waals surface area contributed by atoms with Crippen LogP contribution in [0.15, 0.2) is 48.5 Å². The lowest BCUT2D eigenvalue weighted by Crippen LogP contribution is -2.37. The van der Waals surface area contributed by atoms with Gasteiger partial charge in [-0.05, 0) is 36.7 Å². The van der Waals surface area contributed by atoms with Crippen LogP contribution in [0.5, 0.6) is 11.5 Å². The smallest absolute Gasteiger partial charge is 0.224 e. The van der Waals surface area contributed by atoms with E-state index in [4.69, 9.17) is 9.47 Å². The van der Waals surface area contributed by atoms with Crippen LogP contribution in [0.1, 0.15) is 24.1 Å². The van der Waals surface area contributed by atoms with E-state index in [9.17, 15) is 4.79 Å². The minimum absolute atomic E-state index is 0. The number of hydrogen-bond acceptors (Lipinski definition) is 4. The number of carbonyl (C=O) groups excluding carboxylic acids is 1. The van der Waals surface area contributed by atoms with Gasteiger partial charge in [-0.25, -0.2) is 0 Å². The maximum absolute atomic E-state index is 12.5. The van der Waals surface area contributed by atoms with E-state index in [0.717, 1.165) is 11.1 Å². The minimum atomic E-state index is -0.110.